The molecule has 0 bridgehead atoms. The lowest BCUT2D eigenvalue weighted by atomic mass is 9.91. The molecule has 1 unspecified atom stereocenters. The lowest BCUT2D eigenvalue weighted by Gasteiger charge is -2.25. The molecule has 1 atom stereocenters. The van der Waals surface area contributed by atoms with E-state index in [-0.39, 0.29) is 12.3 Å². The molecule has 0 aromatic heterocycles. The Hall–Kier alpha value is -2.57. The fourth-order valence-corrected chi connectivity index (χ4v) is 2.61. The van der Waals surface area contributed by atoms with Crippen LogP contribution in [-0.2, 0) is 15.1 Å². The SMILES string of the molecule is CC(=O)CN1C(=O)NC(C)(c2ccc3c(c2)OCCO3)C1=O. The van der Waals surface area contributed by atoms with E-state index in [1.165, 1.54) is 6.92 Å². The molecule has 7 nitrogen and oxygen atoms in total. The topological polar surface area (TPSA) is 84.9 Å². The zero-order chi connectivity index (χ0) is 15.9. The predicted octanol–water partition coefficient (Wildman–Crippen LogP) is 0.814. The quantitative estimate of drug-likeness (QED) is 0.835. The van der Waals surface area contributed by atoms with Gasteiger partial charge in [0.05, 0.1) is 6.54 Å². The number of hydrogen-bond donors (Lipinski definition) is 1. The first kappa shape index (κ1) is 14.4. The summed E-state index contributed by atoms with van der Waals surface area (Å²) in [5, 5.41) is 2.65. The van der Waals surface area contributed by atoms with E-state index in [0.29, 0.717) is 30.3 Å². The van der Waals surface area contributed by atoms with E-state index in [9.17, 15) is 14.4 Å². The highest BCUT2D eigenvalue weighted by atomic mass is 16.6. The van der Waals surface area contributed by atoms with Crippen molar-refractivity contribution in [3.05, 3.63) is 23.8 Å². The Bertz CT molecular complexity index is 672. The molecule has 0 radical (unpaired) electrons. The van der Waals surface area contributed by atoms with Crippen LogP contribution in [-0.4, -0.2) is 42.4 Å². The van der Waals surface area contributed by atoms with Gasteiger partial charge in [0.15, 0.2) is 11.5 Å². The van der Waals surface area contributed by atoms with Crippen molar-refractivity contribution in [1.29, 1.82) is 0 Å². The average molecular weight is 304 g/mol. The summed E-state index contributed by atoms with van der Waals surface area (Å²) in [7, 11) is 0. The normalized spacial score (nSPS) is 23.5. The molecular formula is C15H16N2O5. The molecular weight excluding hydrogens is 288 g/mol. The van der Waals surface area contributed by atoms with Gasteiger partial charge in [-0.05, 0) is 31.5 Å². The van der Waals surface area contributed by atoms with Gasteiger partial charge in [0.25, 0.3) is 5.91 Å². The first-order valence-corrected chi connectivity index (χ1v) is 6.95. The number of urea groups is 1. The van der Waals surface area contributed by atoms with Crippen molar-refractivity contribution >= 4 is 17.7 Å². The van der Waals surface area contributed by atoms with Crippen LogP contribution >= 0.6 is 0 Å². The number of ketones is 1. The van der Waals surface area contributed by atoms with Crippen LogP contribution in [0.2, 0.25) is 0 Å². The van der Waals surface area contributed by atoms with Gasteiger partial charge in [-0.1, -0.05) is 6.07 Å². The molecule has 1 aromatic rings. The highest BCUT2D eigenvalue weighted by Crippen LogP contribution is 2.36. The summed E-state index contributed by atoms with van der Waals surface area (Å²) < 4.78 is 10.9. The Balaban J connectivity index is 1.95. The number of Topliss-reactive ketones (excluding diaryl/α,β-unsaturated/α-hetero) is 1. The van der Waals surface area contributed by atoms with Crippen molar-refractivity contribution in [1.82, 2.24) is 10.2 Å². The fraction of sp³-hybridized carbons (Fsp3) is 0.400. The first-order chi connectivity index (χ1) is 10.4. The number of rotatable bonds is 3. The van der Waals surface area contributed by atoms with Crippen molar-refractivity contribution in [2.24, 2.45) is 0 Å². The molecule has 2 heterocycles. The summed E-state index contributed by atoms with van der Waals surface area (Å²) in [4.78, 5) is 36.7. The predicted molar refractivity (Wildman–Crippen MR) is 75.7 cm³/mol. The van der Waals surface area contributed by atoms with E-state index in [4.69, 9.17) is 9.47 Å². The van der Waals surface area contributed by atoms with Crippen LogP contribution in [0, 0.1) is 0 Å². The first-order valence-electron chi connectivity index (χ1n) is 6.95. The molecule has 1 N–H and O–H groups in total. The Morgan fingerprint density at radius 3 is 2.64 bits per heavy atom. The Labute approximate surface area is 127 Å². The van der Waals surface area contributed by atoms with Crippen molar-refractivity contribution in [3.8, 4) is 11.5 Å². The van der Waals surface area contributed by atoms with Crippen LogP contribution in [0.1, 0.15) is 19.4 Å². The van der Waals surface area contributed by atoms with Gasteiger partial charge in [0.1, 0.15) is 24.5 Å². The molecule has 1 aromatic carbocycles. The van der Waals surface area contributed by atoms with Gasteiger partial charge >= 0.3 is 6.03 Å². The third-order valence-electron chi connectivity index (χ3n) is 3.78. The number of nitrogens with one attached hydrogen (secondary N) is 1. The number of benzene rings is 1. The molecule has 3 amide bonds. The number of amides is 3. The summed E-state index contributed by atoms with van der Waals surface area (Å²) in [5.74, 6) is 0.437. The number of fused-ring (bicyclic) bond motifs is 1. The molecule has 0 saturated carbocycles. The maximum absolute atomic E-state index is 12.6. The van der Waals surface area contributed by atoms with Gasteiger partial charge in [-0.2, -0.15) is 0 Å². The molecule has 7 heteroatoms. The standard InChI is InChI=1S/C15H16N2O5/c1-9(18)8-17-13(19)15(2,16-14(17)20)10-3-4-11-12(7-10)22-6-5-21-11/h3-4,7H,5-6,8H2,1-2H3,(H,16,20). The second-order valence-corrected chi connectivity index (χ2v) is 5.51. The van der Waals surface area contributed by atoms with Gasteiger partial charge in [-0.25, -0.2) is 4.79 Å². The van der Waals surface area contributed by atoms with Crippen LogP contribution in [0.4, 0.5) is 4.79 Å². The third-order valence-corrected chi connectivity index (χ3v) is 3.78. The van der Waals surface area contributed by atoms with Gasteiger partial charge in [0, 0.05) is 0 Å². The van der Waals surface area contributed by atoms with Gasteiger partial charge in [0.2, 0.25) is 0 Å². The second-order valence-electron chi connectivity index (χ2n) is 5.51. The summed E-state index contributed by atoms with van der Waals surface area (Å²) in [6, 6.07) is 4.53. The summed E-state index contributed by atoms with van der Waals surface area (Å²) in [6.45, 7) is 3.62. The van der Waals surface area contributed by atoms with Gasteiger partial charge in [-0.15, -0.1) is 0 Å². The highest BCUT2D eigenvalue weighted by Gasteiger charge is 2.49. The van der Waals surface area contributed by atoms with E-state index in [2.05, 4.69) is 5.32 Å². The third kappa shape index (κ3) is 2.18. The lowest BCUT2D eigenvalue weighted by Crippen LogP contribution is -2.41. The number of carbonyl (C=O) groups is 3. The number of hydrogen-bond acceptors (Lipinski definition) is 5. The molecule has 116 valence electrons. The van der Waals surface area contributed by atoms with Gasteiger partial charge in [-0.3, -0.25) is 14.5 Å². The minimum Gasteiger partial charge on any atom is -0.486 e. The molecule has 2 aliphatic rings. The summed E-state index contributed by atoms with van der Waals surface area (Å²) in [6.07, 6.45) is 0. The minimum atomic E-state index is -1.22. The average Bonchev–Trinajstić information content (AvgIpc) is 2.71. The molecule has 1 saturated heterocycles. The van der Waals surface area contributed by atoms with Crippen molar-refractivity contribution in [2.75, 3.05) is 19.8 Å². The molecule has 1 fully saturated rings. The van der Waals surface area contributed by atoms with Crippen LogP contribution in [0.5, 0.6) is 11.5 Å². The molecule has 3 rings (SSSR count). The molecule has 0 spiro atoms. The number of carbonyl (C=O) groups excluding carboxylic acids is 3. The van der Waals surface area contributed by atoms with Crippen molar-refractivity contribution in [2.45, 2.75) is 19.4 Å². The largest absolute Gasteiger partial charge is 0.486 e. The summed E-state index contributed by atoms with van der Waals surface area (Å²) in [5.41, 5.74) is -0.635. The Morgan fingerprint density at radius 1 is 1.27 bits per heavy atom. The minimum absolute atomic E-state index is 0.231. The Morgan fingerprint density at radius 2 is 1.95 bits per heavy atom. The highest BCUT2D eigenvalue weighted by molar-refractivity contribution is 6.09. The zero-order valence-electron chi connectivity index (χ0n) is 12.3. The van der Waals surface area contributed by atoms with E-state index in [0.717, 1.165) is 4.90 Å². The lowest BCUT2D eigenvalue weighted by molar-refractivity contribution is -0.133. The van der Waals surface area contributed by atoms with E-state index < -0.39 is 17.5 Å². The fourth-order valence-electron chi connectivity index (χ4n) is 2.61. The number of ether oxygens (including phenoxy) is 2. The van der Waals surface area contributed by atoms with Crippen LogP contribution in [0.3, 0.4) is 0 Å². The van der Waals surface area contributed by atoms with Crippen LogP contribution in [0.15, 0.2) is 18.2 Å². The van der Waals surface area contributed by atoms with E-state index >= 15 is 0 Å². The van der Waals surface area contributed by atoms with E-state index in [1.807, 2.05) is 0 Å². The zero-order valence-corrected chi connectivity index (χ0v) is 12.3. The molecule has 0 aliphatic carbocycles. The number of imide groups is 1. The monoisotopic (exact) mass is 304 g/mol. The van der Waals surface area contributed by atoms with Gasteiger partial charge < -0.3 is 14.8 Å². The molecule has 2 aliphatic heterocycles. The number of nitrogens with zero attached hydrogens (tertiary/aromatic N) is 1. The second kappa shape index (κ2) is 5.01. The maximum Gasteiger partial charge on any atom is 0.325 e. The summed E-state index contributed by atoms with van der Waals surface area (Å²) >= 11 is 0. The van der Waals surface area contributed by atoms with Crippen LogP contribution < -0.4 is 14.8 Å². The van der Waals surface area contributed by atoms with Crippen molar-refractivity contribution in [3.63, 3.8) is 0 Å². The maximum atomic E-state index is 12.6. The van der Waals surface area contributed by atoms with Crippen LogP contribution in [0.25, 0.3) is 0 Å². The van der Waals surface area contributed by atoms with E-state index in [1.54, 1.807) is 25.1 Å². The Kier molecular flexibility index (Phi) is 3.27. The smallest absolute Gasteiger partial charge is 0.325 e. The van der Waals surface area contributed by atoms with Crippen molar-refractivity contribution < 1.29 is 23.9 Å². The molecule has 22 heavy (non-hydrogen) atoms.